The molecule has 2 aliphatic rings. The second-order valence-electron chi connectivity index (χ2n) is 6.91. The van der Waals surface area contributed by atoms with Gasteiger partial charge in [0.25, 0.3) is 0 Å². The summed E-state index contributed by atoms with van der Waals surface area (Å²) < 4.78 is 11.4. The van der Waals surface area contributed by atoms with E-state index in [2.05, 4.69) is 13.0 Å². The van der Waals surface area contributed by atoms with Crippen molar-refractivity contribution >= 4 is 0 Å². The number of ether oxygens (including phenoxy) is 2. The second-order valence-corrected chi connectivity index (χ2v) is 6.91. The van der Waals surface area contributed by atoms with E-state index in [0.717, 1.165) is 17.6 Å². The highest BCUT2D eigenvalue weighted by Crippen LogP contribution is 2.37. The number of aliphatic hydroxyl groups is 1. The molecule has 5 nitrogen and oxygen atoms in total. The fourth-order valence-electron chi connectivity index (χ4n) is 3.85. The maximum atomic E-state index is 13.7. The van der Waals surface area contributed by atoms with Gasteiger partial charge in [-0.1, -0.05) is 43.3 Å². The molecule has 3 unspecified atom stereocenters. The first-order valence-electron chi connectivity index (χ1n) is 8.75. The van der Waals surface area contributed by atoms with Crippen LogP contribution in [0.4, 0.5) is 0 Å². The highest BCUT2D eigenvalue weighted by molar-refractivity contribution is 5.16. The summed E-state index contributed by atoms with van der Waals surface area (Å²) in [5.41, 5.74) is 2.21. The summed E-state index contributed by atoms with van der Waals surface area (Å²) in [5.74, 6) is 0. The molecule has 5 heteroatoms. The zero-order chi connectivity index (χ0) is 17.2. The number of hydroxylamine groups is 3. The molecule has 0 aliphatic carbocycles. The molecule has 0 radical (unpaired) electrons. The fourth-order valence-corrected chi connectivity index (χ4v) is 3.85. The van der Waals surface area contributed by atoms with Crippen molar-refractivity contribution in [3.63, 3.8) is 0 Å². The minimum Gasteiger partial charge on any atom is -0.632 e. The van der Waals surface area contributed by atoms with Gasteiger partial charge in [-0.2, -0.15) is 0 Å². The third-order valence-electron chi connectivity index (χ3n) is 4.98. The number of aliphatic hydroxyl groups excluding tert-OH is 1. The molecule has 2 fully saturated rings. The van der Waals surface area contributed by atoms with Crippen LogP contribution in [0.15, 0.2) is 42.0 Å². The second kappa shape index (κ2) is 7.33. The summed E-state index contributed by atoms with van der Waals surface area (Å²) in [6, 6.07) is 9.68. The maximum absolute atomic E-state index is 13.7. The molecule has 2 aliphatic heterocycles. The Kier molecular flexibility index (Phi) is 5.37. The predicted octanol–water partition coefficient (Wildman–Crippen LogP) is 2.38. The monoisotopic (exact) mass is 333 g/mol. The van der Waals surface area contributed by atoms with Gasteiger partial charge in [0.05, 0.1) is 6.61 Å². The molecule has 0 saturated carbocycles. The van der Waals surface area contributed by atoms with Gasteiger partial charge in [0.1, 0.15) is 31.3 Å². The largest absolute Gasteiger partial charge is 0.632 e. The smallest absolute Gasteiger partial charge is 0.212 e. The number of benzene rings is 1. The number of nitrogens with zero attached hydrogens (tertiary/aromatic N) is 1. The Bertz CT molecular complexity index is 576. The molecule has 1 N–H and O–H groups in total. The van der Waals surface area contributed by atoms with Gasteiger partial charge >= 0.3 is 0 Å². The summed E-state index contributed by atoms with van der Waals surface area (Å²) >= 11 is 0. The number of morpholine rings is 1. The van der Waals surface area contributed by atoms with Crippen molar-refractivity contribution < 1.29 is 19.2 Å². The van der Waals surface area contributed by atoms with Gasteiger partial charge in [0, 0.05) is 6.42 Å². The molecular formula is C19H27NO4. The summed E-state index contributed by atoms with van der Waals surface area (Å²) in [6.07, 6.45) is 2.39. The van der Waals surface area contributed by atoms with E-state index < -0.39 is 12.4 Å². The van der Waals surface area contributed by atoms with Crippen LogP contribution in [0.2, 0.25) is 0 Å². The van der Waals surface area contributed by atoms with Crippen molar-refractivity contribution in [3.05, 3.63) is 52.8 Å². The molecule has 2 bridgehead atoms. The van der Waals surface area contributed by atoms with Crippen LogP contribution in [-0.2, 0) is 15.9 Å². The van der Waals surface area contributed by atoms with E-state index in [0.29, 0.717) is 19.5 Å². The highest BCUT2D eigenvalue weighted by Gasteiger charge is 2.53. The predicted molar refractivity (Wildman–Crippen MR) is 92.0 cm³/mol. The molecule has 0 aromatic heterocycles. The maximum Gasteiger partial charge on any atom is 0.212 e. The summed E-state index contributed by atoms with van der Waals surface area (Å²) in [5, 5.41) is 23.2. The Labute approximate surface area is 143 Å². The first-order valence-corrected chi connectivity index (χ1v) is 8.75. The summed E-state index contributed by atoms with van der Waals surface area (Å²) in [4.78, 5) is 0. The Balaban J connectivity index is 1.86. The zero-order valence-electron chi connectivity index (χ0n) is 14.4. The molecule has 24 heavy (non-hydrogen) atoms. The first kappa shape index (κ1) is 17.6. The third-order valence-corrected chi connectivity index (χ3v) is 4.98. The molecule has 2 heterocycles. The van der Waals surface area contributed by atoms with Crippen LogP contribution in [-0.4, -0.2) is 54.0 Å². The van der Waals surface area contributed by atoms with E-state index in [-0.39, 0.29) is 23.4 Å². The van der Waals surface area contributed by atoms with E-state index in [1.54, 1.807) is 0 Å². The lowest BCUT2D eigenvalue weighted by Crippen LogP contribution is -2.63. The van der Waals surface area contributed by atoms with E-state index in [9.17, 15) is 10.3 Å². The van der Waals surface area contributed by atoms with Crippen molar-refractivity contribution in [1.82, 2.24) is 0 Å². The zero-order valence-corrected chi connectivity index (χ0v) is 14.4. The van der Waals surface area contributed by atoms with Crippen LogP contribution in [0.5, 0.6) is 0 Å². The van der Waals surface area contributed by atoms with Gasteiger partial charge in [-0.25, -0.2) is 0 Å². The lowest BCUT2D eigenvalue weighted by Gasteiger charge is -2.53. The van der Waals surface area contributed by atoms with Crippen LogP contribution in [0.25, 0.3) is 0 Å². The minimum absolute atomic E-state index is 0.108. The van der Waals surface area contributed by atoms with Crippen LogP contribution in [0.3, 0.4) is 0 Å². The van der Waals surface area contributed by atoms with Crippen molar-refractivity contribution in [2.45, 2.75) is 51.2 Å². The molecule has 132 valence electrons. The normalized spacial score (nSPS) is 36.1. The van der Waals surface area contributed by atoms with Crippen molar-refractivity contribution in [2.24, 2.45) is 0 Å². The lowest BCUT2D eigenvalue weighted by molar-refractivity contribution is -0.917. The topological polar surface area (TPSA) is 61.8 Å². The highest BCUT2D eigenvalue weighted by atomic mass is 16.8. The van der Waals surface area contributed by atoms with Crippen LogP contribution in [0, 0.1) is 5.21 Å². The van der Waals surface area contributed by atoms with Crippen molar-refractivity contribution in [3.8, 4) is 0 Å². The standard InChI is InChI=1S/C19H27NO4/c1-3-7-14(2)11-20(22)12-17-18(13-21)24-19(23-17)16(20)10-15-8-5-4-6-9-15/h4-9,16-19,21H,3,10-13H2,1-2H3/b14-7+/t16?,17-,18?,19?,20+/m1/s1. The number of hydrogen-bond acceptors (Lipinski definition) is 4. The average Bonchev–Trinajstić information content (AvgIpc) is 2.91. The van der Waals surface area contributed by atoms with Crippen LogP contribution >= 0.6 is 0 Å². The van der Waals surface area contributed by atoms with E-state index >= 15 is 0 Å². The van der Waals surface area contributed by atoms with Crippen molar-refractivity contribution in [2.75, 3.05) is 19.7 Å². The van der Waals surface area contributed by atoms with E-state index in [4.69, 9.17) is 9.47 Å². The number of allylic oxidation sites excluding steroid dienone is 1. The molecule has 5 atom stereocenters. The molecule has 1 aromatic rings. The molecule has 2 saturated heterocycles. The SMILES string of the molecule is CC/C=C(\C)C[N@+]1([O-])C[C@H]2OC(OC2CO)C1Cc1ccccc1. The number of quaternary nitrogens is 1. The quantitative estimate of drug-likeness (QED) is 0.493. The minimum atomic E-state index is -0.548. The van der Waals surface area contributed by atoms with Gasteiger partial charge in [0.15, 0.2) is 0 Å². The van der Waals surface area contributed by atoms with Gasteiger partial charge in [-0.3, -0.25) is 0 Å². The van der Waals surface area contributed by atoms with Crippen LogP contribution < -0.4 is 0 Å². The summed E-state index contributed by atoms with van der Waals surface area (Å²) in [7, 11) is 0. The van der Waals surface area contributed by atoms with Gasteiger partial charge in [-0.15, -0.1) is 0 Å². The van der Waals surface area contributed by atoms with Crippen molar-refractivity contribution in [1.29, 1.82) is 0 Å². The number of fused-ring (bicyclic) bond motifs is 2. The molecule has 0 spiro atoms. The Morgan fingerprint density at radius 3 is 2.75 bits per heavy atom. The first-order chi connectivity index (χ1) is 11.6. The average molecular weight is 333 g/mol. The van der Waals surface area contributed by atoms with Gasteiger partial charge < -0.3 is 24.4 Å². The lowest BCUT2D eigenvalue weighted by atomic mass is 10.0. The molecule has 3 rings (SSSR count). The van der Waals surface area contributed by atoms with E-state index in [1.165, 1.54) is 0 Å². The van der Waals surface area contributed by atoms with E-state index in [1.807, 2.05) is 37.3 Å². The third kappa shape index (κ3) is 3.55. The van der Waals surface area contributed by atoms with Crippen LogP contribution in [0.1, 0.15) is 25.8 Å². The molecule has 1 aromatic carbocycles. The van der Waals surface area contributed by atoms with Gasteiger partial charge in [-0.05, 0) is 24.5 Å². The Morgan fingerprint density at radius 2 is 2.08 bits per heavy atom. The van der Waals surface area contributed by atoms with Gasteiger partial charge in [0.2, 0.25) is 6.29 Å². The number of rotatable bonds is 6. The summed E-state index contributed by atoms with van der Waals surface area (Å²) in [6.45, 7) is 4.76. The fraction of sp³-hybridized carbons (Fsp3) is 0.579. The number of hydrogen-bond donors (Lipinski definition) is 1. The molecular weight excluding hydrogens is 306 g/mol. The molecule has 0 amide bonds. The Hall–Kier alpha value is -1.24. The Morgan fingerprint density at radius 1 is 1.33 bits per heavy atom.